The minimum absolute atomic E-state index is 0.0662. The number of aromatic hydroxyl groups is 1. The third-order valence-corrected chi connectivity index (χ3v) is 4.96. The summed E-state index contributed by atoms with van der Waals surface area (Å²) >= 11 is 3.31. The van der Waals surface area contributed by atoms with Gasteiger partial charge in [0.05, 0.1) is 5.39 Å². The number of carbonyl (C=O) groups excluding carboxylic acids is 1. The summed E-state index contributed by atoms with van der Waals surface area (Å²) < 4.78 is 2.09. The van der Waals surface area contributed by atoms with Crippen LogP contribution in [0.3, 0.4) is 0 Å². The predicted molar refractivity (Wildman–Crippen MR) is 95.4 cm³/mol. The van der Waals surface area contributed by atoms with Gasteiger partial charge in [0.2, 0.25) is 0 Å². The molecule has 1 saturated carbocycles. The molecule has 2 N–H and O–H groups in total. The van der Waals surface area contributed by atoms with Gasteiger partial charge in [-0.3, -0.25) is 14.2 Å². The number of amides is 1. The third-order valence-electron chi connectivity index (χ3n) is 4.52. The van der Waals surface area contributed by atoms with Crippen molar-refractivity contribution in [2.45, 2.75) is 51.6 Å². The van der Waals surface area contributed by atoms with Crippen molar-refractivity contribution in [2.75, 3.05) is 0 Å². The van der Waals surface area contributed by atoms with Crippen LogP contribution in [0.1, 0.15) is 49.4 Å². The molecule has 128 valence electrons. The molecule has 7 heteroatoms. The van der Waals surface area contributed by atoms with E-state index in [1.807, 2.05) is 6.92 Å². The fourth-order valence-corrected chi connectivity index (χ4v) is 3.62. The zero-order chi connectivity index (χ0) is 17.3. The summed E-state index contributed by atoms with van der Waals surface area (Å²) in [7, 11) is 0. The average Bonchev–Trinajstić information content (AvgIpc) is 2.57. The van der Waals surface area contributed by atoms with Crippen molar-refractivity contribution in [3.63, 3.8) is 0 Å². The molecule has 2 heterocycles. The molecule has 0 unspecified atom stereocenters. The van der Waals surface area contributed by atoms with Crippen molar-refractivity contribution in [3.8, 4) is 5.75 Å². The molecule has 0 aliphatic heterocycles. The van der Waals surface area contributed by atoms with Crippen LogP contribution >= 0.6 is 15.9 Å². The lowest BCUT2D eigenvalue weighted by Crippen LogP contribution is -2.40. The van der Waals surface area contributed by atoms with Gasteiger partial charge in [-0.1, -0.05) is 19.3 Å². The van der Waals surface area contributed by atoms with Gasteiger partial charge >= 0.3 is 0 Å². The first-order valence-electron chi connectivity index (χ1n) is 8.24. The van der Waals surface area contributed by atoms with Gasteiger partial charge in [0.15, 0.2) is 0 Å². The summed E-state index contributed by atoms with van der Waals surface area (Å²) in [6, 6.07) is 1.73. The highest BCUT2D eigenvalue weighted by Gasteiger charge is 2.25. The Balaban J connectivity index is 2.09. The summed E-state index contributed by atoms with van der Waals surface area (Å²) in [5, 5.41) is 13.8. The van der Waals surface area contributed by atoms with Crippen LogP contribution in [0.2, 0.25) is 0 Å². The minimum Gasteiger partial charge on any atom is -0.506 e. The lowest BCUT2D eigenvalue weighted by atomic mass is 9.95. The molecule has 1 aliphatic rings. The normalized spacial score (nSPS) is 15.6. The van der Waals surface area contributed by atoms with Gasteiger partial charge in [0.1, 0.15) is 17.0 Å². The van der Waals surface area contributed by atoms with Gasteiger partial charge < -0.3 is 10.4 Å². The number of nitrogens with zero attached hydrogens (tertiary/aromatic N) is 2. The number of pyridine rings is 2. The Morgan fingerprint density at radius 1 is 1.42 bits per heavy atom. The summed E-state index contributed by atoms with van der Waals surface area (Å²) in [6.07, 6.45) is 6.71. The maximum atomic E-state index is 12.7. The Labute approximate surface area is 148 Å². The van der Waals surface area contributed by atoms with Crippen LogP contribution in [0.25, 0.3) is 11.0 Å². The van der Waals surface area contributed by atoms with Crippen LogP contribution in [0.4, 0.5) is 0 Å². The number of carbonyl (C=O) groups is 1. The Hall–Kier alpha value is -1.89. The van der Waals surface area contributed by atoms with Crippen LogP contribution in [-0.4, -0.2) is 26.6 Å². The quantitative estimate of drug-likeness (QED) is 0.839. The number of hydrogen-bond donors (Lipinski definition) is 2. The molecule has 0 radical (unpaired) electrons. The number of rotatable bonds is 3. The molecule has 1 amide bonds. The molecular weight excluding hydrogens is 374 g/mol. The maximum absolute atomic E-state index is 12.7. The highest BCUT2D eigenvalue weighted by Crippen LogP contribution is 2.28. The van der Waals surface area contributed by atoms with E-state index in [1.165, 1.54) is 11.0 Å². The van der Waals surface area contributed by atoms with Crippen molar-refractivity contribution >= 4 is 32.9 Å². The van der Waals surface area contributed by atoms with Crippen LogP contribution in [0, 0.1) is 0 Å². The zero-order valence-corrected chi connectivity index (χ0v) is 15.1. The third kappa shape index (κ3) is 3.05. The fraction of sp³-hybridized carbons (Fsp3) is 0.471. The molecule has 1 aliphatic carbocycles. The number of nitrogens with one attached hydrogen (secondary N) is 1. The van der Waals surface area contributed by atoms with E-state index >= 15 is 0 Å². The molecular formula is C17H20BrN3O3. The first kappa shape index (κ1) is 17.0. The highest BCUT2D eigenvalue weighted by molar-refractivity contribution is 9.10. The number of hydrogen-bond acceptors (Lipinski definition) is 4. The Bertz CT molecular complexity index is 841. The van der Waals surface area contributed by atoms with E-state index in [2.05, 4.69) is 26.2 Å². The lowest BCUT2D eigenvalue weighted by molar-refractivity contribution is 0.0923. The Morgan fingerprint density at radius 2 is 2.12 bits per heavy atom. The summed E-state index contributed by atoms with van der Waals surface area (Å²) in [5.74, 6) is -0.810. The van der Waals surface area contributed by atoms with Crippen molar-refractivity contribution in [3.05, 3.63) is 32.7 Å². The standard InChI is InChI=1S/C17H20BrN3O3/c1-2-21-15-12(8-10(18)9-19-15)14(22)13(17(21)24)16(23)20-11-6-4-3-5-7-11/h8-9,11,22H,2-7H2,1H3,(H,20,23). The monoisotopic (exact) mass is 393 g/mol. The molecule has 0 atom stereocenters. The largest absolute Gasteiger partial charge is 0.506 e. The van der Waals surface area contributed by atoms with Gasteiger partial charge in [0, 0.05) is 23.3 Å². The SMILES string of the molecule is CCn1c(=O)c(C(=O)NC2CCCCC2)c(O)c2cc(Br)cnc21. The number of fused-ring (bicyclic) bond motifs is 1. The maximum Gasteiger partial charge on any atom is 0.268 e. The van der Waals surface area contributed by atoms with Crippen LogP contribution in [0.15, 0.2) is 21.5 Å². The fourth-order valence-electron chi connectivity index (χ4n) is 3.29. The van der Waals surface area contributed by atoms with E-state index in [0.29, 0.717) is 22.1 Å². The molecule has 24 heavy (non-hydrogen) atoms. The average molecular weight is 394 g/mol. The molecule has 1 fully saturated rings. The summed E-state index contributed by atoms with van der Waals surface area (Å²) in [4.78, 5) is 29.5. The number of halogens is 1. The van der Waals surface area contributed by atoms with E-state index in [0.717, 1.165) is 25.7 Å². The number of aryl methyl sites for hydroxylation is 1. The second-order valence-electron chi connectivity index (χ2n) is 6.11. The molecule has 0 bridgehead atoms. The van der Waals surface area contributed by atoms with Gasteiger partial charge in [-0.2, -0.15) is 0 Å². The topological polar surface area (TPSA) is 84.2 Å². The van der Waals surface area contributed by atoms with Crippen LogP contribution in [-0.2, 0) is 6.54 Å². The van der Waals surface area contributed by atoms with E-state index < -0.39 is 11.5 Å². The van der Waals surface area contributed by atoms with E-state index in [1.54, 1.807) is 12.3 Å². The van der Waals surface area contributed by atoms with Crippen molar-refractivity contribution in [1.82, 2.24) is 14.9 Å². The van der Waals surface area contributed by atoms with Crippen LogP contribution in [0.5, 0.6) is 5.75 Å². The van der Waals surface area contributed by atoms with E-state index in [9.17, 15) is 14.7 Å². The summed E-state index contributed by atoms with van der Waals surface area (Å²) in [6.45, 7) is 2.18. The lowest BCUT2D eigenvalue weighted by Gasteiger charge is -2.23. The molecule has 6 nitrogen and oxygen atoms in total. The van der Waals surface area contributed by atoms with E-state index in [4.69, 9.17) is 0 Å². The first-order chi connectivity index (χ1) is 11.5. The predicted octanol–water partition coefficient (Wildman–Crippen LogP) is 2.95. The second kappa shape index (κ2) is 6.93. The number of aromatic nitrogens is 2. The van der Waals surface area contributed by atoms with Gasteiger partial charge in [-0.15, -0.1) is 0 Å². The summed E-state index contributed by atoms with van der Waals surface area (Å²) in [5.41, 5.74) is -0.335. The smallest absolute Gasteiger partial charge is 0.268 e. The van der Waals surface area contributed by atoms with Crippen molar-refractivity contribution in [2.24, 2.45) is 0 Å². The Morgan fingerprint density at radius 3 is 2.79 bits per heavy atom. The van der Waals surface area contributed by atoms with Crippen molar-refractivity contribution in [1.29, 1.82) is 0 Å². The van der Waals surface area contributed by atoms with Crippen molar-refractivity contribution < 1.29 is 9.90 Å². The van der Waals surface area contributed by atoms with Gasteiger partial charge in [0.25, 0.3) is 11.5 Å². The van der Waals surface area contributed by atoms with Gasteiger partial charge in [-0.05, 0) is 41.8 Å². The Kier molecular flexibility index (Phi) is 4.89. The van der Waals surface area contributed by atoms with Gasteiger partial charge in [-0.25, -0.2) is 4.98 Å². The molecule has 2 aromatic heterocycles. The minimum atomic E-state index is -0.509. The highest BCUT2D eigenvalue weighted by atomic mass is 79.9. The zero-order valence-electron chi connectivity index (χ0n) is 13.5. The van der Waals surface area contributed by atoms with Crippen LogP contribution < -0.4 is 10.9 Å². The molecule has 3 rings (SSSR count). The second-order valence-corrected chi connectivity index (χ2v) is 7.02. The van der Waals surface area contributed by atoms with E-state index in [-0.39, 0.29) is 17.4 Å². The molecule has 0 aromatic carbocycles. The molecule has 0 saturated heterocycles. The first-order valence-corrected chi connectivity index (χ1v) is 9.04. The molecule has 0 spiro atoms. The molecule has 2 aromatic rings.